The predicted octanol–water partition coefficient (Wildman–Crippen LogP) is 6.00. The van der Waals surface area contributed by atoms with Gasteiger partial charge in [0.25, 0.3) is 5.91 Å². The van der Waals surface area contributed by atoms with E-state index in [0.717, 1.165) is 16.7 Å². The summed E-state index contributed by atoms with van der Waals surface area (Å²) in [6.07, 6.45) is -0.772. The third-order valence-electron chi connectivity index (χ3n) is 5.59. The number of anilines is 1. The molecule has 0 aliphatic heterocycles. The first-order valence-electron chi connectivity index (χ1n) is 10.5. The molecule has 0 unspecified atom stereocenters. The number of rotatable bonds is 6. The summed E-state index contributed by atoms with van der Waals surface area (Å²) in [5.41, 5.74) is 4.49. The number of furan rings is 1. The average molecular weight is 428 g/mol. The molecule has 162 valence electrons. The van der Waals surface area contributed by atoms with Crippen molar-refractivity contribution in [2.75, 3.05) is 5.32 Å². The van der Waals surface area contributed by atoms with Gasteiger partial charge in [-0.05, 0) is 57.0 Å². The van der Waals surface area contributed by atoms with Crippen LogP contribution in [-0.2, 0) is 4.79 Å². The molecule has 0 fully saturated rings. The smallest absolute Gasteiger partial charge is 0.265 e. The van der Waals surface area contributed by atoms with E-state index in [1.54, 1.807) is 25.1 Å². The van der Waals surface area contributed by atoms with Crippen molar-refractivity contribution in [2.45, 2.75) is 33.8 Å². The van der Waals surface area contributed by atoms with Crippen LogP contribution in [0.5, 0.6) is 5.75 Å². The SMILES string of the molecule is Cc1ccc(C(=O)c2oc3ccccc3c2NC(=O)[C@@H](C)Oc2cccc(C)c2C)cc1. The fraction of sp³-hybridized carbons (Fsp3) is 0.185. The molecular formula is C27H25NO4. The summed E-state index contributed by atoms with van der Waals surface area (Å²) in [6, 6.07) is 20.2. The van der Waals surface area contributed by atoms with Gasteiger partial charge in [-0.15, -0.1) is 0 Å². The second-order valence-corrected chi connectivity index (χ2v) is 7.94. The molecule has 0 aliphatic carbocycles. The number of hydrogen-bond donors (Lipinski definition) is 1. The highest BCUT2D eigenvalue weighted by Crippen LogP contribution is 2.33. The molecule has 1 atom stereocenters. The van der Waals surface area contributed by atoms with Gasteiger partial charge >= 0.3 is 0 Å². The van der Waals surface area contributed by atoms with Crippen molar-refractivity contribution in [2.24, 2.45) is 0 Å². The fourth-order valence-corrected chi connectivity index (χ4v) is 3.49. The Bertz CT molecular complexity index is 1300. The van der Waals surface area contributed by atoms with Gasteiger partial charge in [0.1, 0.15) is 11.3 Å². The van der Waals surface area contributed by atoms with E-state index in [4.69, 9.17) is 9.15 Å². The van der Waals surface area contributed by atoms with E-state index < -0.39 is 6.10 Å². The number of ether oxygens (including phenoxy) is 1. The van der Waals surface area contributed by atoms with E-state index in [-0.39, 0.29) is 17.5 Å². The molecule has 1 heterocycles. The van der Waals surface area contributed by atoms with Crippen LogP contribution in [0.25, 0.3) is 11.0 Å². The molecule has 0 radical (unpaired) electrons. The van der Waals surface area contributed by atoms with Crippen molar-refractivity contribution in [3.63, 3.8) is 0 Å². The Morgan fingerprint density at radius 2 is 1.62 bits per heavy atom. The molecule has 3 aromatic carbocycles. The van der Waals surface area contributed by atoms with Gasteiger partial charge in [0.15, 0.2) is 11.9 Å². The first-order valence-corrected chi connectivity index (χ1v) is 10.5. The Kier molecular flexibility index (Phi) is 5.82. The molecule has 4 aromatic rings. The molecule has 32 heavy (non-hydrogen) atoms. The van der Waals surface area contributed by atoms with Gasteiger partial charge in [0.2, 0.25) is 5.78 Å². The summed E-state index contributed by atoms with van der Waals surface area (Å²) in [5, 5.41) is 3.53. The van der Waals surface area contributed by atoms with Crippen molar-refractivity contribution in [1.82, 2.24) is 0 Å². The van der Waals surface area contributed by atoms with Crippen LogP contribution in [0, 0.1) is 20.8 Å². The van der Waals surface area contributed by atoms with Crippen molar-refractivity contribution in [3.05, 3.63) is 94.7 Å². The first-order chi connectivity index (χ1) is 15.3. The summed E-state index contributed by atoms with van der Waals surface area (Å²) in [4.78, 5) is 26.2. The average Bonchev–Trinajstić information content (AvgIpc) is 3.15. The van der Waals surface area contributed by atoms with Crippen LogP contribution in [0.4, 0.5) is 5.69 Å². The van der Waals surface area contributed by atoms with Crippen molar-refractivity contribution >= 4 is 28.3 Å². The molecule has 0 saturated heterocycles. The van der Waals surface area contributed by atoms with E-state index in [1.807, 2.05) is 69.3 Å². The standard InChI is InChI=1S/C27H25NO4/c1-16-12-14-20(15-13-16)25(29)26-24(21-9-5-6-10-23(21)32-26)28-27(30)19(4)31-22-11-7-8-17(2)18(22)3/h5-15,19H,1-4H3,(H,28,30)/t19-/m1/s1. The molecule has 1 aromatic heterocycles. The quantitative estimate of drug-likeness (QED) is 0.384. The maximum absolute atomic E-state index is 13.2. The number of amides is 1. The molecule has 5 nitrogen and oxygen atoms in total. The van der Waals surface area contributed by atoms with Gasteiger partial charge in [-0.25, -0.2) is 0 Å². The van der Waals surface area contributed by atoms with E-state index >= 15 is 0 Å². The number of hydrogen-bond acceptors (Lipinski definition) is 4. The monoisotopic (exact) mass is 427 g/mol. The van der Waals surface area contributed by atoms with E-state index in [9.17, 15) is 9.59 Å². The first kappa shape index (κ1) is 21.4. The lowest BCUT2D eigenvalue weighted by Gasteiger charge is -2.17. The number of aryl methyl sites for hydroxylation is 2. The Morgan fingerprint density at radius 3 is 2.38 bits per heavy atom. The zero-order valence-corrected chi connectivity index (χ0v) is 18.6. The van der Waals surface area contributed by atoms with Crippen LogP contribution in [0.1, 0.15) is 39.7 Å². The lowest BCUT2D eigenvalue weighted by atomic mass is 10.1. The minimum absolute atomic E-state index is 0.0994. The Morgan fingerprint density at radius 1 is 0.906 bits per heavy atom. The van der Waals surface area contributed by atoms with Crippen molar-refractivity contribution < 1.29 is 18.7 Å². The minimum atomic E-state index is -0.772. The third-order valence-corrected chi connectivity index (χ3v) is 5.59. The summed E-state index contributed by atoms with van der Waals surface area (Å²) >= 11 is 0. The number of ketones is 1. The number of carbonyl (C=O) groups excluding carboxylic acids is 2. The molecule has 4 rings (SSSR count). The van der Waals surface area contributed by atoms with Gasteiger partial charge in [-0.2, -0.15) is 0 Å². The van der Waals surface area contributed by atoms with Gasteiger partial charge in [-0.3, -0.25) is 9.59 Å². The van der Waals surface area contributed by atoms with Crippen LogP contribution in [0.2, 0.25) is 0 Å². The van der Waals surface area contributed by atoms with E-state index in [0.29, 0.717) is 28.0 Å². The lowest BCUT2D eigenvalue weighted by Crippen LogP contribution is -2.30. The summed E-state index contributed by atoms with van der Waals surface area (Å²) in [5.74, 6) is 0.0954. The largest absolute Gasteiger partial charge is 0.481 e. The molecule has 0 spiro atoms. The number of carbonyl (C=O) groups is 2. The van der Waals surface area contributed by atoms with Gasteiger partial charge in [-0.1, -0.05) is 54.1 Å². The van der Waals surface area contributed by atoms with Gasteiger partial charge < -0.3 is 14.5 Å². The van der Waals surface area contributed by atoms with Gasteiger partial charge in [0.05, 0.1) is 5.69 Å². The number of nitrogens with one attached hydrogen (secondary N) is 1. The highest BCUT2D eigenvalue weighted by Gasteiger charge is 2.25. The summed E-state index contributed by atoms with van der Waals surface area (Å²) < 4.78 is 11.8. The van der Waals surface area contributed by atoms with E-state index in [1.165, 1.54) is 0 Å². The van der Waals surface area contributed by atoms with E-state index in [2.05, 4.69) is 5.32 Å². The highest BCUT2D eigenvalue weighted by molar-refractivity contribution is 6.17. The Hall–Kier alpha value is -3.86. The van der Waals surface area contributed by atoms with Crippen molar-refractivity contribution in [1.29, 1.82) is 0 Å². The van der Waals surface area contributed by atoms with Crippen LogP contribution in [0.3, 0.4) is 0 Å². The summed E-state index contributed by atoms with van der Waals surface area (Å²) in [7, 11) is 0. The predicted molar refractivity (Wildman–Crippen MR) is 125 cm³/mol. The Balaban J connectivity index is 1.65. The number of fused-ring (bicyclic) bond motifs is 1. The molecular weight excluding hydrogens is 402 g/mol. The number of para-hydroxylation sites is 1. The fourth-order valence-electron chi connectivity index (χ4n) is 3.49. The second kappa shape index (κ2) is 8.71. The molecule has 0 saturated carbocycles. The third kappa shape index (κ3) is 4.14. The number of benzene rings is 3. The van der Waals surface area contributed by atoms with Crippen LogP contribution < -0.4 is 10.1 Å². The normalized spacial score (nSPS) is 11.9. The topological polar surface area (TPSA) is 68.5 Å². The molecule has 5 heteroatoms. The van der Waals surface area contributed by atoms with Gasteiger partial charge in [0, 0.05) is 10.9 Å². The molecule has 1 N–H and O–H groups in total. The van der Waals surface area contributed by atoms with Crippen LogP contribution >= 0.6 is 0 Å². The highest BCUT2D eigenvalue weighted by atomic mass is 16.5. The zero-order valence-electron chi connectivity index (χ0n) is 18.6. The maximum atomic E-state index is 13.2. The van der Waals surface area contributed by atoms with Crippen LogP contribution in [-0.4, -0.2) is 17.8 Å². The summed E-state index contributed by atoms with van der Waals surface area (Å²) in [6.45, 7) is 7.59. The Labute approximate surface area is 187 Å². The molecule has 0 aliphatic rings. The van der Waals surface area contributed by atoms with Crippen LogP contribution in [0.15, 0.2) is 71.1 Å². The van der Waals surface area contributed by atoms with Crippen molar-refractivity contribution in [3.8, 4) is 5.75 Å². The molecule has 0 bridgehead atoms. The lowest BCUT2D eigenvalue weighted by molar-refractivity contribution is -0.122. The maximum Gasteiger partial charge on any atom is 0.265 e. The minimum Gasteiger partial charge on any atom is -0.481 e. The second-order valence-electron chi connectivity index (χ2n) is 7.94. The zero-order chi connectivity index (χ0) is 22.8. The molecule has 1 amide bonds.